The van der Waals surface area contributed by atoms with Gasteiger partial charge >= 0.3 is 5.97 Å². The van der Waals surface area contributed by atoms with E-state index < -0.39 is 11.8 Å². The number of morpholine rings is 1. The summed E-state index contributed by atoms with van der Waals surface area (Å²) in [5.41, 5.74) is 0.236. The van der Waals surface area contributed by atoms with Crippen molar-refractivity contribution in [2.45, 2.75) is 6.42 Å². The number of hydrogen-bond acceptors (Lipinski definition) is 4. The van der Waals surface area contributed by atoms with Gasteiger partial charge in [-0.2, -0.15) is 0 Å². The summed E-state index contributed by atoms with van der Waals surface area (Å²) in [5, 5.41) is 11.9. The Balaban J connectivity index is 1.83. The van der Waals surface area contributed by atoms with Crippen molar-refractivity contribution in [2.75, 3.05) is 44.7 Å². The van der Waals surface area contributed by atoms with Gasteiger partial charge in [0.25, 0.3) is 0 Å². The molecular formula is C14H18BrFN2O3. The number of benzene rings is 1. The monoisotopic (exact) mass is 360 g/mol. The summed E-state index contributed by atoms with van der Waals surface area (Å²) in [5.74, 6) is -1.72. The Labute approximate surface area is 131 Å². The van der Waals surface area contributed by atoms with E-state index in [0.29, 0.717) is 12.2 Å². The lowest BCUT2D eigenvalue weighted by atomic mass is 10.2. The molecule has 0 bridgehead atoms. The van der Waals surface area contributed by atoms with Crippen molar-refractivity contribution in [3.05, 3.63) is 28.0 Å². The third kappa shape index (κ3) is 4.39. The molecule has 0 aliphatic carbocycles. The molecular weight excluding hydrogens is 343 g/mol. The van der Waals surface area contributed by atoms with Gasteiger partial charge in [-0.25, -0.2) is 9.18 Å². The normalized spacial score (nSPS) is 15.9. The lowest BCUT2D eigenvalue weighted by Crippen LogP contribution is -2.37. The molecule has 0 unspecified atom stereocenters. The number of ether oxygens (including phenoxy) is 1. The van der Waals surface area contributed by atoms with Crippen molar-refractivity contribution in [3.63, 3.8) is 0 Å². The number of carboxylic acids is 1. The van der Waals surface area contributed by atoms with Crippen molar-refractivity contribution in [3.8, 4) is 0 Å². The highest BCUT2D eigenvalue weighted by atomic mass is 79.9. The third-order valence-electron chi connectivity index (χ3n) is 3.38. The Hall–Kier alpha value is -1.18. The Kier molecular flexibility index (Phi) is 5.96. The van der Waals surface area contributed by atoms with Crippen LogP contribution in [0.2, 0.25) is 0 Å². The molecule has 0 radical (unpaired) electrons. The fraction of sp³-hybridized carbons (Fsp3) is 0.500. The molecule has 0 aromatic heterocycles. The number of halogens is 2. The molecule has 2 N–H and O–H groups in total. The highest BCUT2D eigenvalue weighted by Crippen LogP contribution is 2.27. The molecule has 1 aromatic rings. The average molecular weight is 361 g/mol. The van der Waals surface area contributed by atoms with E-state index in [0.717, 1.165) is 39.3 Å². The zero-order valence-electron chi connectivity index (χ0n) is 11.6. The van der Waals surface area contributed by atoms with Gasteiger partial charge in [-0.3, -0.25) is 4.90 Å². The second-order valence-electron chi connectivity index (χ2n) is 4.83. The van der Waals surface area contributed by atoms with E-state index in [1.165, 1.54) is 12.1 Å². The predicted molar refractivity (Wildman–Crippen MR) is 81.4 cm³/mol. The predicted octanol–water partition coefficient (Wildman–Crippen LogP) is 2.42. The molecule has 5 nitrogen and oxygen atoms in total. The molecule has 1 aromatic carbocycles. The lowest BCUT2D eigenvalue weighted by Gasteiger charge is -2.26. The molecule has 21 heavy (non-hydrogen) atoms. The summed E-state index contributed by atoms with van der Waals surface area (Å²) < 4.78 is 19.3. The van der Waals surface area contributed by atoms with Crippen LogP contribution in [0.1, 0.15) is 16.8 Å². The van der Waals surface area contributed by atoms with Crippen molar-refractivity contribution in [1.29, 1.82) is 0 Å². The van der Waals surface area contributed by atoms with Crippen molar-refractivity contribution in [1.82, 2.24) is 4.90 Å². The van der Waals surface area contributed by atoms with Crippen molar-refractivity contribution in [2.24, 2.45) is 0 Å². The second kappa shape index (κ2) is 7.72. The number of aromatic carboxylic acids is 1. The van der Waals surface area contributed by atoms with Gasteiger partial charge < -0.3 is 15.2 Å². The highest BCUT2D eigenvalue weighted by Gasteiger charge is 2.15. The first kappa shape index (κ1) is 16.2. The standard InChI is InChI=1S/C14H18BrFN2O3/c15-12-10(14(19)20)2-3-11(13(12)16)17-4-1-5-18-6-8-21-9-7-18/h2-3,17H,1,4-9H2,(H,19,20). The van der Waals surface area contributed by atoms with Crippen molar-refractivity contribution < 1.29 is 19.0 Å². The molecule has 1 fully saturated rings. The maximum absolute atomic E-state index is 14.0. The number of rotatable bonds is 6. The van der Waals surface area contributed by atoms with Crippen LogP contribution in [0.25, 0.3) is 0 Å². The summed E-state index contributed by atoms with van der Waals surface area (Å²) in [6.45, 7) is 4.98. The van der Waals surface area contributed by atoms with Gasteiger partial charge in [0.2, 0.25) is 0 Å². The van der Waals surface area contributed by atoms with Crippen LogP contribution >= 0.6 is 15.9 Å². The van der Waals surface area contributed by atoms with Crippen LogP contribution in [-0.2, 0) is 4.74 Å². The van der Waals surface area contributed by atoms with Gasteiger partial charge in [-0.1, -0.05) is 0 Å². The minimum atomic E-state index is -1.15. The second-order valence-corrected chi connectivity index (χ2v) is 5.62. The van der Waals surface area contributed by atoms with Crippen molar-refractivity contribution >= 4 is 27.6 Å². The molecule has 116 valence electrons. The number of hydrogen-bond donors (Lipinski definition) is 2. The molecule has 1 aliphatic heterocycles. The van der Waals surface area contributed by atoms with Gasteiger partial charge in [0, 0.05) is 19.6 Å². The SMILES string of the molecule is O=C(O)c1ccc(NCCCN2CCOCC2)c(F)c1Br. The van der Waals surface area contributed by atoms with Crippen LogP contribution in [0.3, 0.4) is 0 Å². The molecule has 0 atom stereocenters. The van der Waals surface area contributed by atoms with E-state index in [9.17, 15) is 9.18 Å². The van der Waals surface area contributed by atoms with Crippen LogP contribution in [0.5, 0.6) is 0 Å². The van der Waals surface area contributed by atoms with E-state index in [1.54, 1.807) is 0 Å². The van der Waals surface area contributed by atoms with E-state index in [4.69, 9.17) is 9.84 Å². The van der Waals surface area contributed by atoms with Crippen LogP contribution < -0.4 is 5.32 Å². The number of carbonyl (C=O) groups is 1. The summed E-state index contributed by atoms with van der Waals surface area (Å²) in [7, 11) is 0. The first-order valence-electron chi connectivity index (χ1n) is 6.85. The first-order valence-corrected chi connectivity index (χ1v) is 7.64. The van der Waals surface area contributed by atoms with Crippen LogP contribution in [0.15, 0.2) is 16.6 Å². The maximum Gasteiger partial charge on any atom is 0.336 e. The Morgan fingerprint density at radius 3 is 2.81 bits per heavy atom. The zero-order valence-corrected chi connectivity index (χ0v) is 13.2. The quantitative estimate of drug-likeness (QED) is 0.762. The molecule has 0 spiro atoms. The summed E-state index contributed by atoms with van der Waals surface area (Å²) in [6.07, 6.45) is 0.887. The fourth-order valence-electron chi connectivity index (χ4n) is 2.20. The minimum Gasteiger partial charge on any atom is -0.478 e. The Morgan fingerprint density at radius 2 is 2.14 bits per heavy atom. The topological polar surface area (TPSA) is 61.8 Å². The first-order chi connectivity index (χ1) is 10.1. The summed E-state index contributed by atoms with van der Waals surface area (Å²) >= 11 is 2.99. The molecule has 1 heterocycles. The van der Waals surface area contributed by atoms with E-state index >= 15 is 0 Å². The molecule has 7 heteroatoms. The van der Waals surface area contributed by atoms with Crippen LogP contribution in [-0.4, -0.2) is 55.4 Å². The van der Waals surface area contributed by atoms with Crippen LogP contribution in [0.4, 0.5) is 10.1 Å². The Bertz CT molecular complexity index is 507. The molecule has 1 aliphatic rings. The number of nitrogens with one attached hydrogen (secondary N) is 1. The molecule has 1 saturated heterocycles. The molecule has 0 saturated carbocycles. The molecule has 2 rings (SSSR count). The van der Waals surface area contributed by atoms with Gasteiger partial charge in [-0.05, 0) is 41.0 Å². The van der Waals surface area contributed by atoms with E-state index in [1.807, 2.05) is 0 Å². The largest absolute Gasteiger partial charge is 0.478 e. The van der Waals surface area contributed by atoms with E-state index in [-0.39, 0.29) is 10.0 Å². The van der Waals surface area contributed by atoms with Gasteiger partial charge in [-0.15, -0.1) is 0 Å². The summed E-state index contributed by atoms with van der Waals surface area (Å²) in [6, 6.07) is 2.85. The molecule has 0 amide bonds. The van der Waals surface area contributed by atoms with E-state index in [2.05, 4.69) is 26.1 Å². The fourth-order valence-corrected chi connectivity index (χ4v) is 2.72. The highest BCUT2D eigenvalue weighted by molar-refractivity contribution is 9.10. The Morgan fingerprint density at radius 1 is 1.43 bits per heavy atom. The number of carboxylic acid groups (broad SMARTS) is 1. The zero-order chi connectivity index (χ0) is 15.2. The maximum atomic E-state index is 14.0. The lowest BCUT2D eigenvalue weighted by molar-refractivity contribution is 0.0378. The third-order valence-corrected chi connectivity index (χ3v) is 4.16. The van der Waals surface area contributed by atoms with Crippen LogP contribution in [0, 0.1) is 5.82 Å². The van der Waals surface area contributed by atoms with Gasteiger partial charge in [0.05, 0.1) is 28.9 Å². The minimum absolute atomic E-state index is 0.0202. The van der Waals surface area contributed by atoms with Gasteiger partial charge in [0.15, 0.2) is 5.82 Å². The number of nitrogens with zero attached hydrogens (tertiary/aromatic N) is 1. The number of anilines is 1. The smallest absolute Gasteiger partial charge is 0.336 e. The average Bonchev–Trinajstić information content (AvgIpc) is 2.48. The summed E-state index contributed by atoms with van der Waals surface area (Å²) in [4.78, 5) is 13.2. The van der Waals surface area contributed by atoms with Gasteiger partial charge in [0.1, 0.15) is 0 Å².